The van der Waals surface area contributed by atoms with Crippen molar-refractivity contribution >= 4 is 12.4 Å². The van der Waals surface area contributed by atoms with Gasteiger partial charge in [0.25, 0.3) is 0 Å². The average molecular weight is 413 g/mol. The molecule has 0 amide bonds. The molecular weight excluding hydrogens is 384 g/mol. The van der Waals surface area contributed by atoms with E-state index in [1.165, 1.54) is 24.9 Å². The van der Waals surface area contributed by atoms with Crippen LogP contribution in [0, 0.1) is 5.41 Å². The molecule has 154 valence electrons. The summed E-state index contributed by atoms with van der Waals surface area (Å²) in [6, 6.07) is 11.1. The molecule has 29 heavy (non-hydrogen) atoms. The Labute approximate surface area is 178 Å². The molecule has 1 aromatic carbocycles. The minimum absolute atomic E-state index is 0. The zero-order chi connectivity index (χ0) is 19.0. The zero-order valence-electron chi connectivity index (χ0n) is 16.9. The Kier molecular flexibility index (Phi) is 5.76. The highest BCUT2D eigenvalue weighted by Gasteiger charge is 2.56. The van der Waals surface area contributed by atoms with Crippen LogP contribution in [0.5, 0.6) is 0 Å². The number of para-hydroxylation sites is 1. The molecule has 3 aromatic rings. The molecule has 0 radical (unpaired) electrons. The Bertz CT molecular complexity index is 928. The van der Waals surface area contributed by atoms with Crippen molar-refractivity contribution in [2.75, 3.05) is 13.1 Å². The number of nitrogens with zero attached hydrogens (tertiary/aromatic N) is 5. The van der Waals surface area contributed by atoms with Crippen molar-refractivity contribution in [3.8, 4) is 5.69 Å². The van der Waals surface area contributed by atoms with Crippen LogP contribution in [-0.2, 0) is 20.1 Å². The van der Waals surface area contributed by atoms with Crippen molar-refractivity contribution in [3.05, 3.63) is 66.8 Å². The Morgan fingerprint density at radius 1 is 1.03 bits per heavy atom. The number of hydrogen-bond acceptors (Lipinski definition) is 4. The third kappa shape index (κ3) is 3.97. The van der Waals surface area contributed by atoms with E-state index in [4.69, 9.17) is 4.98 Å². The van der Waals surface area contributed by atoms with Crippen LogP contribution >= 0.6 is 12.4 Å². The highest BCUT2D eigenvalue weighted by atomic mass is 35.5. The summed E-state index contributed by atoms with van der Waals surface area (Å²) < 4.78 is 4.34. The number of halogens is 1. The molecule has 5 rings (SSSR count). The van der Waals surface area contributed by atoms with Crippen LogP contribution in [0.25, 0.3) is 5.69 Å². The molecule has 2 fully saturated rings. The van der Waals surface area contributed by atoms with Crippen LogP contribution in [0.1, 0.15) is 30.9 Å². The largest absolute Gasteiger partial charge is 0.337 e. The van der Waals surface area contributed by atoms with Gasteiger partial charge >= 0.3 is 0 Å². The number of rotatable bonds is 6. The van der Waals surface area contributed by atoms with Crippen molar-refractivity contribution in [3.63, 3.8) is 0 Å². The molecule has 1 N–H and O–H groups in total. The molecule has 2 aliphatic rings. The first-order valence-electron chi connectivity index (χ1n) is 10.2. The molecule has 6 nitrogen and oxygen atoms in total. The van der Waals surface area contributed by atoms with Gasteiger partial charge in [-0.1, -0.05) is 18.2 Å². The van der Waals surface area contributed by atoms with Crippen molar-refractivity contribution < 1.29 is 0 Å². The topological polar surface area (TPSA) is 50.9 Å². The molecule has 1 saturated heterocycles. The van der Waals surface area contributed by atoms with Gasteiger partial charge in [-0.05, 0) is 49.9 Å². The van der Waals surface area contributed by atoms with Crippen molar-refractivity contribution in [1.82, 2.24) is 29.3 Å². The van der Waals surface area contributed by atoms with E-state index in [-0.39, 0.29) is 12.4 Å². The van der Waals surface area contributed by atoms with Gasteiger partial charge < -0.3 is 14.5 Å². The van der Waals surface area contributed by atoms with Crippen LogP contribution in [0.2, 0.25) is 0 Å². The van der Waals surface area contributed by atoms with Crippen molar-refractivity contribution in [2.24, 2.45) is 12.5 Å². The van der Waals surface area contributed by atoms with Gasteiger partial charge in [0.2, 0.25) is 0 Å². The first-order chi connectivity index (χ1) is 13.8. The Morgan fingerprint density at radius 3 is 2.45 bits per heavy atom. The van der Waals surface area contributed by atoms with Crippen LogP contribution in [0.3, 0.4) is 0 Å². The third-order valence-corrected chi connectivity index (χ3v) is 6.55. The van der Waals surface area contributed by atoms with Crippen LogP contribution in [-0.4, -0.2) is 43.1 Å². The van der Waals surface area contributed by atoms with Crippen molar-refractivity contribution in [1.29, 1.82) is 0 Å². The van der Waals surface area contributed by atoms with Gasteiger partial charge in [0.1, 0.15) is 11.6 Å². The average Bonchev–Trinajstić information content (AvgIpc) is 3.05. The van der Waals surface area contributed by atoms with E-state index in [1.807, 2.05) is 18.6 Å². The quantitative estimate of drug-likeness (QED) is 0.675. The number of aryl methyl sites for hydroxylation is 1. The lowest BCUT2D eigenvalue weighted by atomic mass is 9.93. The first-order valence-corrected chi connectivity index (χ1v) is 10.2. The van der Waals surface area contributed by atoms with Gasteiger partial charge in [0.05, 0.1) is 13.1 Å². The summed E-state index contributed by atoms with van der Waals surface area (Å²) in [6.07, 6.45) is 11.8. The summed E-state index contributed by atoms with van der Waals surface area (Å²) >= 11 is 0. The molecule has 1 saturated carbocycles. The maximum absolute atomic E-state index is 4.71. The van der Waals surface area contributed by atoms with E-state index < -0.39 is 0 Å². The third-order valence-electron chi connectivity index (χ3n) is 6.55. The van der Waals surface area contributed by atoms with E-state index in [9.17, 15) is 0 Å². The lowest BCUT2D eigenvalue weighted by molar-refractivity contribution is 0.178. The Morgan fingerprint density at radius 2 is 1.72 bits per heavy atom. The molecular formula is C22H29ClN6. The summed E-state index contributed by atoms with van der Waals surface area (Å²) in [7, 11) is 2.08. The summed E-state index contributed by atoms with van der Waals surface area (Å²) in [5.41, 5.74) is 1.65. The van der Waals surface area contributed by atoms with Gasteiger partial charge in [-0.3, -0.25) is 4.90 Å². The van der Waals surface area contributed by atoms with Crippen LogP contribution in [0.15, 0.2) is 55.1 Å². The maximum atomic E-state index is 4.71. The normalized spacial score (nSPS) is 20.0. The second-order valence-electron chi connectivity index (χ2n) is 8.24. The van der Waals surface area contributed by atoms with E-state index in [1.54, 1.807) is 0 Å². The molecule has 3 heterocycles. The summed E-state index contributed by atoms with van der Waals surface area (Å²) in [5, 5.41) is 3.52. The highest BCUT2D eigenvalue weighted by molar-refractivity contribution is 5.85. The second-order valence-corrected chi connectivity index (χ2v) is 8.24. The lowest BCUT2D eigenvalue weighted by Gasteiger charge is -2.29. The number of hydrogen-bond donors (Lipinski definition) is 1. The van der Waals surface area contributed by atoms with Crippen LogP contribution < -0.4 is 5.32 Å². The molecule has 2 aromatic heterocycles. The zero-order valence-corrected chi connectivity index (χ0v) is 17.7. The molecule has 1 aliphatic carbocycles. The predicted molar refractivity (Wildman–Crippen MR) is 116 cm³/mol. The van der Waals surface area contributed by atoms with Gasteiger partial charge in [-0.15, -0.1) is 12.4 Å². The fraction of sp³-hybridized carbons (Fsp3) is 0.455. The molecule has 1 spiro atoms. The fourth-order valence-corrected chi connectivity index (χ4v) is 4.77. The minimum atomic E-state index is 0. The minimum Gasteiger partial charge on any atom is -0.337 e. The maximum Gasteiger partial charge on any atom is 0.127 e. The Balaban J connectivity index is 0.00000205. The number of nitrogens with one attached hydrogen (secondary N) is 1. The van der Waals surface area contributed by atoms with E-state index in [0.29, 0.717) is 11.5 Å². The Hall–Kier alpha value is -2.15. The van der Waals surface area contributed by atoms with Gasteiger partial charge in [-0.2, -0.15) is 0 Å². The standard InChI is InChI=1S/C22H28N6.ClH/c1-26-13-11-24-20(26)16-27(19-15-22(19)7-9-23-10-8-22)17-21-25-12-14-28(21)18-5-3-2-4-6-18;/h2-6,11-14,19,23H,7-10,15-17H2,1H3;1H. The molecule has 7 heteroatoms. The summed E-state index contributed by atoms with van der Waals surface area (Å²) in [4.78, 5) is 11.9. The molecule has 0 bridgehead atoms. The monoisotopic (exact) mass is 412 g/mol. The number of imidazole rings is 2. The molecule has 1 aliphatic heterocycles. The lowest BCUT2D eigenvalue weighted by Crippen LogP contribution is -2.36. The summed E-state index contributed by atoms with van der Waals surface area (Å²) in [5.74, 6) is 2.21. The number of benzene rings is 1. The van der Waals surface area contributed by atoms with Crippen LogP contribution in [0.4, 0.5) is 0 Å². The fourth-order valence-electron chi connectivity index (χ4n) is 4.77. The number of aromatic nitrogens is 4. The van der Waals surface area contributed by atoms with Gasteiger partial charge in [-0.25, -0.2) is 9.97 Å². The van der Waals surface area contributed by atoms with Crippen molar-refractivity contribution in [2.45, 2.75) is 38.4 Å². The SMILES string of the molecule is Cl.Cn1ccnc1CN(Cc1nccn1-c1ccccc1)C1CC12CCNCC2. The van der Waals surface area contributed by atoms with Gasteiger partial charge in [0, 0.05) is 43.6 Å². The molecule has 1 unspecified atom stereocenters. The van der Waals surface area contributed by atoms with E-state index in [0.717, 1.165) is 37.8 Å². The smallest absolute Gasteiger partial charge is 0.127 e. The van der Waals surface area contributed by atoms with E-state index in [2.05, 4.69) is 67.9 Å². The second kappa shape index (κ2) is 8.30. The predicted octanol–water partition coefficient (Wildman–Crippen LogP) is 3.17. The van der Waals surface area contributed by atoms with Gasteiger partial charge in [0.15, 0.2) is 0 Å². The van der Waals surface area contributed by atoms with E-state index >= 15 is 0 Å². The molecule has 1 atom stereocenters. The first kappa shape index (κ1) is 20.1. The summed E-state index contributed by atoms with van der Waals surface area (Å²) in [6.45, 7) is 4.00. The number of piperidine rings is 1. The highest BCUT2D eigenvalue weighted by Crippen LogP contribution is 2.56.